The van der Waals surface area contributed by atoms with Gasteiger partial charge in [0.2, 0.25) is 0 Å². The fraction of sp³-hybridized carbons (Fsp3) is 0.364. The summed E-state index contributed by atoms with van der Waals surface area (Å²) >= 11 is 5.56. The molecule has 1 unspecified atom stereocenters. The molecule has 0 saturated carbocycles. The summed E-state index contributed by atoms with van der Waals surface area (Å²) in [5, 5.41) is 14.0. The number of nitrogens with one attached hydrogen (secondary N) is 2. The number of carbonyl (C=O) groups excluding carboxylic acids is 1. The number of hydrogen-bond acceptors (Lipinski definition) is 2. The van der Waals surface area contributed by atoms with Crippen molar-refractivity contribution in [1.29, 1.82) is 0 Å². The smallest absolute Gasteiger partial charge is 0.319 e. The van der Waals surface area contributed by atoms with E-state index in [4.69, 9.17) is 16.7 Å². The summed E-state index contributed by atoms with van der Waals surface area (Å²) in [5.74, 6) is -0.535. The van der Waals surface area contributed by atoms with Crippen molar-refractivity contribution >= 4 is 23.3 Å². The van der Waals surface area contributed by atoms with Crippen molar-refractivity contribution < 1.29 is 14.3 Å². The summed E-state index contributed by atoms with van der Waals surface area (Å²) in [4.78, 5) is 11.3. The number of hydrogen-bond donors (Lipinski definition) is 3. The second-order valence-corrected chi connectivity index (χ2v) is 4.05. The molecule has 0 aromatic heterocycles. The second kappa shape index (κ2) is 6.42. The SMILES string of the molecule is CC(O)CCNC(=O)Nc1ccc(F)c(Cl)c1. The molecule has 0 bridgehead atoms. The maximum absolute atomic E-state index is 12.8. The summed E-state index contributed by atoms with van der Waals surface area (Å²) in [6.45, 7) is 2.00. The monoisotopic (exact) mass is 260 g/mol. The van der Waals surface area contributed by atoms with E-state index >= 15 is 0 Å². The average molecular weight is 261 g/mol. The highest BCUT2D eigenvalue weighted by Gasteiger charge is 2.05. The molecule has 0 fully saturated rings. The third-order valence-corrected chi connectivity index (χ3v) is 2.31. The van der Waals surface area contributed by atoms with Crippen LogP contribution in [0.2, 0.25) is 5.02 Å². The summed E-state index contributed by atoms with van der Waals surface area (Å²) in [7, 11) is 0. The number of rotatable bonds is 4. The lowest BCUT2D eigenvalue weighted by molar-refractivity contribution is 0.184. The molecule has 0 heterocycles. The van der Waals surface area contributed by atoms with Gasteiger partial charge in [0.1, 0.15) is 5.82 Å². The largest absolute Gasteiger partial charge is 0.393 e. The Hall–Kier alpha value is -1.33. The number of amides is 2. The molecular weight excluding hydrogens is 247 g/mol. The molecule has 0 spiro atoms. The van der Waals surface area contributed by atoms with Gasteiger partial charge in [0.05, 0.1) is 11.1 Å². The molecule has 1 aromatic rings. The van der Waals surface area contributed by atoms with Gasteiger partial charge in [-0.3, -0.25) is 0 Å². The van der Waals surface area contributed by atoms with Crippen LogP contribution in [0.3, 0.4) is 0 Å². The molecule has 0 aliphatic carbocycles. The van der Waals surface area contributed by atoms with Crippen LogP contribution in [0.25, 0.3) is 0 Å². The molecule has 0 radical (unpaired) electrons. The van der Waals surface area contributed by atoms with Crippen LogP contribution in [0, 0.1) is 5.82 Å². The summed E-state index contributed by atoms with van der Waals surface area (Å²) < 4.78 is 12.8. The highest BCUT2D eigenvalue weighted by atomic mass is 35.5. The Balaban J connectivity index is 2.42. The minimum absolute atomic E-state index is 0.0493. The first-order valence-corrected chi connectivity index (χ1v) is 5.55. The number of halogens is 2. The number of benzene rings is 1. The van der Waals surface area contributed by atoms with Gasteiger partial charge >= 0.3 is 6.03 Å². The third kappa shape index (κ3) is 5.01. The van der Waals surface area contributed by atoms with Crippen molar-refractivity contribution in [3.63, 3.8) is 0 Å². The van der Waals surface area contributed by atoms with E-state index in [9.17, 15) is 9.18 Å². The maximum Gasteiger partial charge on any atom is 0.319 e. The molecule has 0 aliphatic rings. The van der Waals surface area contributed by atoms with Gasteiger partial charge in [-0.25, -0.2) is 9.18 Å². The topological polar surface area (TPSA) is 61.4 Å². The molecule has 1 aromatic carbocycles. The predicted octanol–water partition coefficient (Wildman–Crippen LogP) is 2.37. The molecule has 94 valence electrons. The van der Waals surface area contributed by atoms with Crippen LogP contribution in [0.1, 0.15) is 13.3 Å². The van der Waals surface area contributed by atoms with Crippen LogP contribution < -0.4 is 10.6 Å². The molecule has 0 aliphatic heterocycles. The zero-order chi connectivity index (χ0) is 12.8. The van der Waals surface area contributed by atoms with E-state index in [0.29, 0.717) is 18.7 Å². The van der Waals surface area contributed by atoms with Crippen LogP contribution in [0.15, 0.2) is 18.2 Å². The Kier molecular flexibility index (Phi) is 5.18. The van der Waals surface area contributed by atoms with E-state index in [1.807, 2.05) is 0 Å². The van der Waals surface area contributed by atoms with E-state index < -0.39 is 18.0 Å². The van der Waals surface area contributed by atoms with Crippen molar-refractivity contribution in [2.45, 2.75) is 19.4 Å². The third-order valence-electron chi connectivity index (χ3n) is 2.03. The molecule has 6 heteroatoms. The van der Waals surface area contributed by atoms with Crippen LogP contribution in [0.4, 0.5) is 14.9 Å². The maximum atomic E-state index is 12.8. The normalized spacial score (nSPS) is 12.0. The van der Waals surface area contributed by atoms with E-state index in [2.05, 4.69) is 10.6 Å². The van der Waals surface area contributed by atoms with Gasteiger partial charge in [-0.15, -0.1) is 0 Å². The molecule has 4 nitrogen and oxygen atoms in total. The molecule has 1 atom stereocenters. The van der Waals surface area contributed by atoms with Gasteiger partial charge in [0.25, 0.3) is 0 Å². The van der Waals surface area contributed by atoms with Crippen LogP contribution in [0.5, 0.6) is 0 Å². The molecule has 0 saturated heterocycles. The van der Waals surface area contributed by atoms with Crippen molar-refractivity contribution in [2.75, 3.05) is 11.9 Å². The summed E-state index contributed by atoms with van der Waals surface area (Å²) in [5.41, 5.74) is 0.408. The average Bonchev–Trinajstić information content (AvgIpc) is 2.23. The van der Waals surface area contributed by atoms with Gasteiger partial charge in [0, 0.05) is 12.2 Å². The van der Waals surface area contributed by atoms with E-state index in [0.717, 1.165) is 0 Å². The van der Waals surface area contributed by atoms with E-state index in [1.165, 1.54) is 18.2 Å². The molecule has 1 rings (SSSR count). The Morgan fingerprint density at radius 2 is 2.29 bits per heavy atom. The lowest BCUT2D eigenvalue weighted by Crippen LogP contribution is -2.30. The lowest BCUT2D eigenvalue weighted by Gasteiger charge is -2.09. The quantitative estimate of drug-likeness (QED) is 0.778. The number of aliphatic hydroxyl groups is 1. The van der Waals surface area contributed by atoms with E-state index in [1.54, 1.807) is 6.92 Å². The van der Waals surface area contributed by atoms with Gasteiger partial charge in [-0.1, -0.05) is 11.6 Å². The molecule has 2 amide bonds. The zero-order valence-corrected chi connectivity index (χ0v) is 10.1. The van der Waals surface area contributed by atoms with Gasteiger partial charge in [0.15, 0.2) is 0 Å². The summed E-state index contributed by atoms with van der Waals surface area (Å²) in [6.07, 6.45) is 0.00740. The highest BCUT2D eigenvalue weighted by molar-refractivity contribution is 6.31. The molecule has 17 heavy (non-hydrogen) atoms. The Morgan fingerprint density at radius 3 is 2.88 bits per heavy atom. The fourth-order valence-electron chi connectivity index (χ4n) is 1.14. The van der Waals surface area contributed by atoms with Gasteiger partial charge < -0.3 is 15.7 Å². The van der Waals surface area contributed by atoms with Crippen LogP contribution >= 0.6 is 11.6 Å². The van der Waals surface area contributed by atoms with Gasteiger partial charge in [-0.05, 0) is 31.5 Å². The number of anilines is 1. The van der Waals surface area contributed by atoms with Gasteiger partial charge in [-0.2, -0.15) is 0 Å². The lowest BCUT2D eigenvalue weighted by atomic mass is 10.3. The Labute approximate surface area is 104 Å². The molecular formula is C11H14ClFN2O2. The standard InChI is InChI=1S/C11H14ClFN2O2/c1-7(16)4-5-14-11(17)15-8-2-3-10(13)9(12)6-8/h2-3,6-7,16H,4-5H2,1H3,(H2,14,15,17). The van der Waals surface area contributed by atoms with Crippen molar-refractivity contribution in [2.24, 2.45) is 0 Å². The predicted molar refractivity (Wildman–Crippen MR) is 64.7 cm³/mol. The Morgan fingerprint density at radius 1 is 1.59 bits per heavy atom. The first-order chi connectivity index (χ1) is 7.99. The highest BCUT2D eigenvalue weighted by Crippen LogP contribution is 2.19. The minimum atomic E-state index is -0.535. The minimum Gasteiger partial charge on any atom is -0.393 e. The summed E-state index contributed by atoms with van der Waals surface area (Å²) in [6, 6.07) is 3.49. The first kappa shape index (κ1) is 13.7. The second-order valence-electron chi connectivity index (χ2n) is 3.65. The van der Waals surface area contributed by atoms with Crippen LogP contribution in [-0.2, 0) is 0 Å². The van der Waals surface area contributed by atoms with Crippen molar-refractivity contribution in [3.8, 4) is 0 Å². The first-order valence-electron chi connectivity index (χ1n) is 5.17. The Bertz CT molecular complexity index is 399. The van der Waals surface area contributed by atoms with Crippen molar-refractivity contribution in [3.05, 3.63) is 29.0 Å². The number of aliphatic hydroxyl groups excluding tert-OH is 1. The number of carbonyl (C=O) groups is 1. The van der Waals surface area contributed by atoms with Crippen LogP contribution in [-0.4, -0.2) is 23.8 Å². The number of urea groups is 1. The van der Waals surface area contributed by atoms with Crippen molar-refractivity contribution in [1.82, 2.24) is 5.32 Å². The molecule has 3 N–H and O–H groups in total. The van der Waals surface area contributed by atoms with E-state index in [-0.39, 0.29) is 5.02 Å². The fourth-order valence-corrected chi connectivity index (χ4v) is 1.32. The zero-order valence-electron chi connectivity index (χ0n) is 9.34.